The third-order valence-electron chi connectivity index (χ3n) is 3.51. The first-order valence-corrected chi connectivity index (χ1v) is 8.23. The zero-order valence-corrected chi connectivity index (χ0v) is 14.5. The Kier molecular flexibility index (Phi) is 4.04. The molecule has 0 aliphatic rings. The van der Waals surface area contributed by atoms with Gasteiger partial charge in [0.15, 0.2) is 5.58 Å². The highest BCUT2D eigenvalue weighted by molar-refractivity contribution is 9.10. The van der Waals surface area contributed by atoms with E-state index in [1.807, 2.05) is 30.3 Å². The van der Waals surface area contributed by atoms with E-state index >= 15 is 0 Å². The predicted molar refractivity (Wildman–Crippen MR) is 91.0 cm³/mol. The largest absolute Gasteiger partial charge is 0.419 e. The van der Waals surface area contributed by atoms with Crippen LogP contribution in [0.1, 0.15) is 16.0 Å². The van der Waals surface area contributed by atoms with Crippen LogP contribution < -0.4 is 5.76 Å². The molecule has 21 heavy (non-hydrogen) atoms. The summed E-state index contributed by atoms with van der Waals surface area (Å²) in [6.07, 6.45) is 0.871. The van der Waals surface area contributed by atoms with Crippen molar-refractivity contribution >= 4 is 43.0 Å². The highest BCUT2D eigenvalue weighted by Gasteiger charge is 2.12. The van der Waals surface area contributed by atoms with Crippen LogP contribution in [0.15, 0.2) is 56.1 Å². The second-order valence-electron chi connectivity index (χ2n) is 4.95. The van der Waals surface area contributed by atoms with Crippen LogP contribution in [0.4, 0.5) is 0 Å². The van der Waals surface area contributed by atoms with Crippen molar-refractivity contribution in [2.45, 2.75) is 11.2 Å². The topological polar surface area (TPSA) is 35.1 Å². The summed E-state index contributed by atoms with van der Waals surface area (Å²) in [4.78, 5) is 11.7. The molecule has 0 radical (unpaired) electrons. The number of alkyl halides is 1. The summed E-state index contributed by atoms with van der Waals surface area (Å²) in [6.45, 7) is 0. The third-order valence-corrected chi connectivity index (χ3v) is 4.89. The fourth-order valence-electron chi connectivity index (χ4n) is 2.29. The molecule has 0 amide bonds. The quantitative estimate of drug-likeness (QED) is 0.592. The number of oxazole rings is 1. The van der Waals surface area contributed by atoms with Crippen molar-refractivity contribution in [2.24, 2.45) is 7.05 Å². The Balaban J connectivity index is 1.89. The van der Waals surface area contributed by atoms with Crippen LogP contribution in [-0.4, -0.2) is 4.57 Å². The lowest BCUT2D eigenvalue weighted by Gasteiger charge is -2.10. The number of hydrogen-bond acceptors (Lipinski definition) is 2. The van der Waals surface area contributed by atoms with E-state index < -0.39 is 0 Å². The summed E-state index contributed by atoms with van der Waals surface area (Å²) in [6, 6.07) is 14.1. The van der Waals surface area contributed by atoms with Crippen LogP contribution in [-0.2, 0) is 13.5 Å². The average Bonchev–Trinajstić information content (AvgIpc) is 2.76. The van der Waals surface area contributed by atoms with Crippen molar-refractivity contribution in [1.29, 1.82) is 0 Å². The zero-order valence-electron chi connectivity index (χ0n) is 11.3. The minimum Gasteiger partial charge on any atom is -0.408 e. The number of halogens is 2. The van der Waals surface area contributed by atoms with E-state index in [0.29, 0.717) is 5.58 Å². The number of rotatable bonds is 3. The molecule has 1 heterocycles. The molecule has 5 heteroatoms. The van der Waals surface area contributed by atoms with E-state index in [4.69, 9.17) is 4.42 Å². The summed E-state index contributed by atoms with van der Waals surface area (Å²) in [5.74, 6) is -0.332. The van der Waals surface area contributed by atoms with Gasteiger partial charge in [0, 0.05) is 16.3 Å². The van der Waals surface area contributed by atoms with E-state index in [2.05, 4.69) is 44.0 Å². The maximum atomic E-state index is 11.5. The maximum absolute atomic E-state index is 11.5. The second-order valence-corrected chi connectivity index (χ2v) is 6.97. The molecule has 2 aromatic carbocycles. The fraction of sp³-hybridized carbons (Fsp3) is 0.188. The van der Waals surface area contributed by atoms with Gasteiger partial charge in [0.05, 0.1) is 5.52 Å². The lowest BCUT2D eigenvalue weighted by Crippen LogP contribution is -2.08. The lowest BCUT2D eigenvalue weighted by atomic mass is 10.0. The number of benzene rings is 2. The van der Waals surface area contributed by atoms with Crippen molar-refractivity contribution in [2.75, 3.05) is 0 Å². The first kappa shape index (κ1) is 14.6. The van der Waals surface area contributed by atoms with Crippen LogP contribution in [0.3, 0.4) is 0 Å². The van der Waals surface area contributed by atoms with E-state index in [-0.39, 0.29) is 10.6 Å². The molecule has 3 rings (SSSR count). The summed E-state index contributed by atoms with van der Waals surface area (Å²) in [5, 5.41) is 0. The lowest BCUT2D eigenvalue weighted by molar-refractivity contribution is 0.528. The van der Waals surface area contributed by atoms with Gasteiger partial charge in [-0.15, -0.1) is 0 Å². The molecule has 108 valence electrons. The minimum absolute atomic E-state index is 0.175. The Bertz CT molecular complexity index is 834. The van der Waals surface area contributed by atoms with Gasteiger partial charge >= 0.3 is 5.76 Å². The number of aryl methyl sites for hydroxylation is 1. The monoisotopic (exact) mass is 409 g/mol. The van der Waals surface area contributed by atoms with E-state index in [1.165, 1.54) is 10.1 Å². The molecule has 0 aliphatic carbocycles. The molecular weight excluding hydrogens is 398 g/mol. The van der Waals surface area contributed by atoms with E-state index in [1.54, 1.807) is 7.05 Å². The normalized spacial score (nSPS) is 12.7. The Morgan fingerprint density at radius 2 is 1.90 bits per heavy atom. The summed E-state index contributed by atoms with van der Waals surface area (Å²) < 4.78 is 7.82. The highest BCUT2D eigenvalue weighted by atomic mass is 79.9. The van der Waals surface area contributed by atoms with Crippen molar-refractivity contribution < 1.29 is 4.42 Å². The molecule has 0 N–H and O–H groups in total. The van der Waals surface area contributed by atoms with Gasteiger partial charge in [-0.2, -0.15) is 0 Å². The summed E-state index contributed by atoms with van der Waals surface area (Å²) in [5.41, 5.74) is 3.78. The van der Waals surface area contributed by atoms with Gasteiger partial charge in [-0.1, -0.05) is 50.1 Å². The fourth-order valence-corrected chi connectivity index (χ4v) is 3.21. The second kappa shape index (κ2) is 5.81. The standard InChI is InChI=1S/C16H13Br2NO2/c1-19-14-7-4-11(9-15(14)21-16(19)20)13(18)8-10-2-5-12(17)6-3-10/h2-7,9,13H,8H2,1H3. The molecule has 1 atom stereocenters. The Labute approximate surface area is 138 Å². The maximum Gasteiger partial charge on any atom is 0.419 e. The number of aromatic nitrogens is 1. The first-order valence-electron chi connectivity index (χ1n) is 6.52. The van der Waals surface area contributed by atoms with Crippen molar-refractivity contribution in [3.05, 3.63) is 68.6 Å². The first-order chi connectivity index (χ1) is 10.0. The van der Waals surface area contributed by atoms with E-state index in [9.17, 15) is 4.79 Å². The van der Waals surface area contributed by atoms with Crippen LogP contribution in [0, 0.1) is 0 Å². The molecule has 0 saturated heterocycles. The molecular formula is C16H13Br2NO2. The number of hydrogen-bond donors (Lipinski definition) is 0. The van der Waals surface area contributed by atoms with Gasteiger partial charge in [0.25, 0.3) is 0 Å². The van der Waals surface area contributed by atoms with Crippen molar-refractivity contribution in [3.63, 3.8) is 0 Å². The zero-order chi connectivity index (χ0) is 15.0. The molecule has 1 aromatic heterocycles. The smallest absolute Gasteiger partial charge is 0.408 e. The van der Waals surface area contributed by atoms with Crippen molar-refractivity contribution in [3.8, 4) is 0 Å². The molecule has 0 saturated carbocycles. The van der Waals surface area contributed by atoms with Crippen LogP contribution in [0.25, 0.3) is 11.1 Å². The van der Waals surface area contributed by atoms with Gasteiger partial charge in [0.2, 0.25) is 0 Å². The van der Waals surface area contributed by atoms with Gasteiger partial charge < -0.3 is 4.42 Å². The molecule has 3 aromatic rings. The Morgan fingerprint density at radius 3 is 2.62 bits per heavy atom. The van der Waals surface area contributed by atoms with Gasteiger partial charge in [-0.05, 0) is 41.8 Å². The van der Waals surface area contributed by atoms with E-state index in [0.717, 1.165) is 22.0 Å². The highest BCUT2D eigenvalue weighted by Crippen LogP contribution is 2.29. The summed E-state index contributed by atoms with van der Waals surface area (Å²) in [7, 11) is 1.71. The van der Waals surface area contributed by atoms with Gasteiger partial charge in [0.1, 0.15) is 0 Å². The molecule has 0 bridgehead atoms. The molecule has 0 fully saturated rings. The summed E-state index contributed by atoms with van der Waals surface area (Å²) >= 11 is 7.15. The number of nitrogens with zero attached hydrogens (tertiary/aromatic N) is 1. The molecule has 3 nitrogen and oxygen atoms in total. The van der Waals surface area contributed by atoms with Gasteiger partial charge in [-0.25, -0.2) is 4.79 Å². The number of fused-ring (bicyclic) bond motifs is 1. The van der Waals surface area contributed by atoms with Crippen LogP contribution in [0.2, 0.25) is 0 Å². The Hall–Kier alpha value is -1.33. The van der Waals surface area contributed by atoms with Gasteiger partial charge in [-0.3, -0.25) is 4.57 Å². The predicted octanol–water partition coefficient (Wildman–Crippen LogP) is 4.57. The molecule has 0 spiro atoms. The van der Waals surface area contributed by atoms with Crippen LogP contribution in [0.5, 0.6) is 0 Å². The third kappa shape index (κ3) is 2.99. The minimum atomic E-state index is -0.332. The average molecular weight is 411 g/mol. The SMILES string of the molecule is Cn1c(=O)oc2cc(C(Br)Cc3ccc(Br)cc3)ccc21. The van der Waals surface area contributed by atoms with Crippen LogP contribution >= 0.6 is 31.9 Å². The molecule has 0 aliphatic heterocycles. The molecule has 1 unspecified atom stereocenters. The van der Waals surface area contributed by atoms with Crippen molar-refractivity contribution in [1.82, 2.24) is 4.57 Å². The Morgan fingerprint density at radius 1 is 1.19 bits per heavy atom.